The highest BCUT2D eigenvalue weighted by Gasteiger charge is 2.31. The highest BCUT2D eigenvalue weighted by atomic mass is 15.2. The van der Waals surface area contributed by atoms with Gasteiger partial charge in [-0.2, -0.15) is 0 Å². The molecule has 0 aromatic carbocycles. The second kappa shape index (κ2) is 6.30. The molecule has 100 valence electrons. The quantitative estimate of drug-likeness (QED) is 0.892. The van der Waals surface area contributed by atoms with E-state index in [2.05, 4.69) is 35.9 Å². The van der Waals surface area contributed by atoms with E-state index >= 15 is 0 Å². The van der Waals surface area contributed by atoms with E-state index in [-0.39, 0.29) is 0 Å². The number of pyridine rings is 1. The van der Waals surface area contributed by atoms with E-state index in [9.17, 15) is 0 Å². The van der Waals surface area contributed by atoms with Crippen LogP contribution in [-0.4, -0.2) is 29.0 Å². The standard InChI is InChI=1S/C15H25N3/c1-12(2)18-10-4-3-5-14(11-16)15(18)13-6-8-17-9-7-13/h6-9,12,14-15H,3-5,10-11,16H2,1-2H3. The van der Waals surface area contributed by atoms with Crippen LogP contribution in [0.15, 0.2) is 24.5 Å². The van der Waals surface area contributed by atoms with Crippen LogP contribution in [0.1, 0.15) is 44.7 Å². The summed E-state index contributed by atoms with van der Waals surface area (Å²) in [5, 5.41) is 0. The van der Waals surface area contributed by atoms with Crippen LogP contribution in [0.4, 0.5) is 0 Å². The second-order valence-corrected chi connectivity index (χ2v) is 5.55. The zero-order chi connectivity index (χ0) is 13.0. The van der Waals surface area contributed by atoms with E-state index in [1.165, 1.54) is 31.4 Å². The van der Waals surface area contributed by atoms with Crippen molar-refractivity contribution < 1.29 is 0 Å². The van der Waals surface area contributed by atoms with Crippen LogP contribution in [0.3, 0.4) is 0 Å². The smallest absolute Gasteiger partial charge is 0.0392 e. The number of nitrogens with two attached hydrogens (primary N) is 1. The summed E-state index contributed by atoms with van der Waals surface area (Å²) in [5.41, 5.74) is 7.39. The van der Waals surface area contributed by atoms with Crippen molar-refractivity contribution in [2.24, 2.45) is 11.7 Å². The first kappa shape index (κ1) is 13.5. The predicted molar refractivity (Wildman–Crippen MR) is 75.2 cm³/mol. The topological polar surface area (TPSA) is 42.1 Å². The molecule has 3 nitrogen and oxygen atoms in total. The molecule has 2 N–H and O–H groups in total. The SMILES string of the molecule is CC(C)N1CCCCC(CN)C1c1ccncc1. The van der Waals surface area contributed by atoms with E-state index in [0.29, 0.717) is 18.0 Å². The summed E-state index contributed by atoms with van der Waals surface area (Å²) in [6.45, 7) is 6.53. The first-order valence-electron chi connectivity index (χ1n) is 7.09. The van der Waals surface area contributed by atoms with Crippen LogP contribution in [0.5, 0.6) is 0 Å². The maximum Gasteiger partial charge on any atom is 0.0392 e. The van der Waals surface area contributed by atoms with Crippen molar-refractivity contribution in [2.45, 2.75) is 45.2 Å². The molecule has 0 radical (unpaired) electrons. The van der Waals surface area contributed by atoms with E-state index in [0.717, 1.165) is 6.54 Å². The van der Waals surface area contributed by atoms with Gasteiger partial charge in [0.15, 0.2) is 0 Å². The molecule has 1 aromatic heterocycles. The second-order valence-electron chi connectivity index (χ2n) is 5.55. The maximum atomic E-state index is 6.02. The van der Waals surface area contributed by atoms with Gasteiger partial charge in [0.2, 0.25) is 0 Å². The minimum Gasteiger partial charge on any atom is -0.330 e. The van der Waals surface area contributed by atoms with Gasteiger partial charge in [-0.3, -0.25) is 9.88 Å². The monoisotopic (exact) mass is 247 g/mol. The Hall–Kier alpha value is -0.930. The number of aromatic nitrogens is 1. The summed E-state index contributed by atoms with van der Waals surface area (Å²) in [6, 6.07) is 5.32. The fraction of sp³-hybridized carbons (Fsp3) is 0.667. The molecule has 0 saturated carbocycles. The average Bonchev–Trinajstić information content (AvgIpc) is 2.61. The molecule has 3 heteroatoms. The Morgan fingerprint density at radius 1 is 1.33 bits per heavy atom. The third kappa shape index (κ3) is 2.90. The molecule has 0 aliphatic carbocycles. The minimum atomic E-state index is 0.459. The van der Waals surface area contributed by atoms with Gasteiger partial charge < -0.3 is 5.73 Å². The summed E-state index contributed by atoms with van der Waals surface area (Å²) in [7, 11) is 0. The third-order valence-corrected chi connectivity index (χ3v) is 4.06. The molecule has 0 spiro atoms. The third-order valence-electron chi connectivity index (χ3n) is 4.06. The lowest BCUT2D eigenvalue weighted by atomic mass is 9.89. The average molecular weight is 247 g/mol. The molecule has 2 unspecified atom stereocenters. The van der Waals surface area contributed by atoms with Gasteiger partial charge in [-0.05, 0) is 63.4 Å². The van der Waals surface area contributed by atoms with Crippen LogP contribution < -0.4 is 5.73 Å². The normalized spacial score (nSPS) is 26.2. The lowest BCUT2D eigenvalue weighted by Crippen LogP contribution is -2.39. The van der Waals surface area contributed by atoms with Crippen LogP contribution in [0, 0.1) is 5.92 Å². The minimum absolute atomic E-state index is 0.459. The van der Waals surface area contributed by atoms with Crippen molar-refractivity contribution in [3.8, 4) is 0 Å². The van der Waals surface area contributed by atoms with Crippen molar-refractivity contribution in [2.75, 3.05) is 13.1 Å². The van der Waals surface area contributed by atoms with Crippen molar-refractivity contribution >= 4 is 0 Å². The van der Waals surface area contributed by atoms with Gasteiger partial charge in [0.05, 0.1) is 0 Å². The first-order chi connectivity index (χ1) is 8.74. The van der Waals surface area contributed by atoms with Crippen molar-refractivity contribution in [3.63, 3.8) is 0 Å². The molecule has 2 atom stereocenters. The Bertz CT molecular complexity index is 350. The van der Waals surface area contributed by atoms with Crippen LogP contribution in [0.2, 0.25) is 0 Å². The molecular formula is C15H25N3. The molecule has 0 bridgehead atoms. The van der Waals surface area contributed by atoms with Gasteiger partial charge in [0.1, 0.15) is 0 Å². The van der Waals surface area contributed by atoms with Gasteiger partial charge >= 0.3 is 0 Å². The van der Waals surface area contributed by atoms with Crippen molar-refractivity contribution in [1.29, 1.82) is 0 Å². The van der Waals surface area contributed by atoms with Crippen molar-refractivity contribution in [3.05, 3.63) is 30.1 Å². The number of rotatable bonds is 3. The Balaban J connectivity index is 2.32. The van der Waals surface area contributed by atoms with Gasteiger partial charge in [0.25, 0.3) is 0 Å². The van der Waals surface area contributed by atoms with Gasteiger partial charge in [0, 0.05) is 24.5 Å². The van der Waals surface area contributed by atoms with Crippen LogP contribution in [-0.2, 0) is 0 Å². The van der Waals surface area contributed by atoms with Gasteiger partial charge in [-0.25, -0.2) is 0 Å². The lowest BCUT2D eigenvalue weighted by molar-refractivity contribution is 0.121. The summed E-state index contributed by atoms with van der Waals surface area (Å²) in [5.74, 6) is 0.567. The van der Waals surface area contributed by atoms with Crippen molar-refractivity contribution in [1.82, 2.24) is 9.88 Å². The van der Waals surface area contributed by atoms with E-state index in [1.807, 2.05) is 12.4 Å². The molecule has 2 heterocycles. The number of nitrogens with zero attached hydrogens (tertiary/aromatic N) is 2. The Labute approximate surface area is 110 Å². The molecule has 0 amide bonds. The highest BCUT2D eigenvalue weighted by Crippen LogP contribution is 2.35. The molecule has 1 fully saturated rings. The van der Waals surface area contributed by atoms with Crippen LogP contribution in [0.25, 0.3) is 0 Å². The zero-order valence-corrected chi connectivity index (χ0v) is 11.5. The predicted octanol–water partition coefficient (Wildman–Crippen LogP) is 2.59. The highest BCUT2D eigenvalue weighted by molar-refractivity contribution is 5.17. The van der Waals surface area contributed by atoms with Gasteiger partial charge in [-0.15, -0.1) is 0 Å². The molecule has 1 aliphatic rings. The fourth-order valence-corrected chi connectivity index (χ4v) is 3.12. The van der Waals surface area contributed by atoms with Crippen LogP contribution >= 0.6 is 0 Å². The summed E-state index contributed by atoms with van der Waals surface area (Å²) >= 11 is 0. The molecule has 1 saturated heterocycles. The molecular weight excluding hydrogens is 222 g/mol. The lowest BCUT2D eigenvalue weighted by Gasteiger charge is -2.37. The Morgan fingerprint density at radius 3 is 2.67 bits per heavy atom. The fourth-order valence-electron chi connectivity index (χ4n) is 3.12. The molecule has 2 rings (SSSR count). The summed E-state index contributed by atoms with van der Waals surface area (Å²) in [4.78, 5) is 6.75. The first-order valence-corrected chi connectivity index (χ1v) is 7.09. The summed E-state index contributed by atoms with van der Waals surface area (Å²) < 4.78 is 0. The van der Waals surface area contributed by atoms with E-state index in [1.54, 1.807) is 0 Å². The van der Waals surface area contributed by atoms with Gasteiger partial charge in [-0.1, -0.05) is 6.42 Å². The molecule has 1 aromatic rings. The van der Waals surface area contributed by atoms with E-state index < -0.39 is 0 Å². The number of hydrogen-bond donors (Lipinski definition) is 1. The maximum absolute atomic E-state index is 6.02. The Kier molecular flexibility index (Phi) is 4.72. The van der Waals surface area contributed by atoms with E-state index in [4.69, 9.17) is 5.73 Å². The summed E-state index contributed by atoms with van der Waals surface area (Å²) in [6.07, 6.45) is 7.62. The Morgan fingerprint density at radius 2 is 2.06 bits per heavy atom. The molecule has 18 heavy (non-hydrogen) atoms. The zero-order valence-electron chi connectivity index (χ0n) is 11.5. The largest absolute Gasteiger partial charge is 0.330 e. The number of likely N-dealkylation sites (tertiary alicyclic amines) is 1. The number of hydrogen-bond acceptors (Lipinski definition) is 3. The molecule has 1 aliphatic heterocycles.